The summed E-state index contributed by atoms with van der Waals surface area (Å²) in [7, 11) is 0. The second kappa shape index (κ2) is 7.58. The molecule has 0 aliphatic carbocycles. The molecule has 0 unspecified atom stereocenters. The zero-order valence-corrected chi connectivity index (χ0v) is 13.7. The largest absolute Gasteiger partial charge is 0.482 e. The lowest BCUT2D eigenvalue weighted by molar-refractivity contribution is -0.118. The number of hydrogen-bond donors (Lipinski definition) is 3. The summed E-state index contributed by atoms with van der Waals surface area (Å²) >= 11 is 0. The zero-order valence-electron chi connectivity index (χ0n) is 13.7. The number of carboxylic acids is 1. The third-order valence-corrected chi connectivity index (χ3v) is 3.58. The number of aromatic nitrogens is 2. The summed E-state index contributed by atoms with van der Waals surface area (Å²) in [6.45, 7) is 0.554. The summed E-state index contributed by atoms with van der Waals surface area (Å²) in [5.41, 5.74) is 8.42. The SMILES string of the molecule is NCc1ccc2c(c1)NC(=O)CO2.O=C(O)c1cnc2ccccc2n1. The molecule has 4 rings (SSSR count). The van der Waals surface area contributed by atoms with Gasteiger partial charge in [0.15, 0.2) is 12.3 Å². The standard InChI is InChI=1S/C9H10N2O2.C9H6N2O2/c10-4-6-1-2-8-7(3-6)11-9(12)5-13-8;12-9(13)8-5-10-6-3-1-2-4-7(6)11-8/h1-3H,4-5,10H2,(H,11,12);1-5H,(H,12,13). The number of carbonyl (C=O) groups is 2. The van der Waals surface area contributed by atoms with Crippen LogP contribution in [0.2, 0.25) is 0 Å². The molecular formula is C18H16N4O4. The van der Waals surface area contributed by atoms with Gasteiger partial charge < -0.3 is 20.9 Å². The molecule has 3 aromatic rings. The third kappa shape index (κ3) is 3.93. The first-order valence-electron chi connectivity index (χ1n) is 7.77. The molecule has 26 heavy (non-hydrogen) atoms. The molecule has 2 heterocycles. The van der Waals surface area contributed by atoms with Gasteiger partial charge in [-0.2, -0.15) is 0 Å². The molecule has 8 heteroatoms. The quantitative estimate of drug-likeness (QED) is 0.641. The highest BCUT2D eigenvalue weighted by atomic mass is 16.5. The molecule has 1 amide bonds. The van der Waals surface area contributed by atoms with Crippen molar-refractivity contribution >= 4 is 28.6 Å². The molecule has 0 bridgehead atoms. The predicted molar refractivity (Wildman–Crippen MR) is 95.0 cm³/mol. The molecular weight excluding hydrogens is 336 g/mol. The Morgan fingerprint density at radius 3 is 2.73 bits per heavy atom. The van der Waals surface area contributed by atoms with Crippen molar-refractivity contribution in [3.63, 3.8) is 0 Å². The maximum atomic E-state index is 11.0. The average Bonchev–Trinajstić information content (AvgIpc) is 2.67. The second-order valence-electron chi connectivity index (χ2n) is 5.42. The van der Waals surface area contributed by atoms with Crippen molar-refractivity contribution in [2.75, 3.05) is 11.9 Å². The van der Waals surface area contributed by atoms with Crippen molar-refractivity contribution in [2.45, 2.75) is 6.54 Å². The van der Waals surface area contributed by atoms with Crippen LogP contribution < -0.4 is 15.8 Å². The molecule has 0 saturated carbocycles. The summed E-state index contributed by atoms with van der Waals surface area (Å²) < 4.78 is 5.18. The number of hydrogen-bond acceptors (Lipinski definition) is 6. The number of para-hydroxylation sites is 2. The van der Waals surface area contributed by atoms with Gasteiger partial charge in [-0.05, 0) is 29.8 Å². The van der Waals surface area contributed by atoms with Gasteiger partial charge in [-0.25, -0.2) is 9.78 Å². The van der Waals surface area contributed by atoms with Crippen LogP contribution in [0.4, 0.5) is 5.69 Å². The lowest BCUT2D eigenvalue weighted by Gasteiger charge is -2.18. The van der Waals surface area contributed by atoms with Crippen LogP contribution in [0.25, 0.3) is 11.0 Å². The fourth-order valence-corrected chi connectivity index (χ4v) is 2.32. The Hall–Kier alpha value is -3.52. The number of rotatable bonds is 2. The maximum absolute atomic E-state index is 11.0. The molecule has 2 aromatic carbocycles. The highest BCUT2D eigenvalue weighted by Gasteiger charge is 2.15. The van der Waals surface area contributed by atoms with E-state index in [4.69, 9.17) is 15.6 Å². The van der Waals surface area contributed by atoms with Gasteiger partial charge in [-0.15, -0.1) is 0 Å². The first kappa shape index (κ1) is 17.3. The number of nitrogens with two attached hydrogens (primary N) is 1. The minimum absolute atomic E-state index is 0.0290. The number of anilines is 1. The van der Waals surface area contributed by atoms with E-state index < -0.39 is 5.97 Å². The van der Waals surface area contributed by atoms with Gasteiger partial charge in [0, 0.05) is 6.54 Å². The minimum atomic E-state index is -1.06. The number of ether oxygens (including phenoxy) is 1. The lowest BCUT2D eigenvalue weighted by Crippen LogP contribution is -2.25. The van der Waals surface area contributed by atoms with E-state index in [0.29, 0.717) is 29.0 Å². The van der Waals surface area contributed by atoms with Crippen LogP contribution in [0.15, 0.2) is 48.7 Å². The van der Waals surface area contributed by atoms with Crippen LogP contribution in [-0.4, -0.2) is 33.6 Å². The monoisotopic (exact) mass is 352 g/mol. The van der Waals surface area contributed by atoms with Crippen molar-refractivity contribution in [1.29, 1.82) is 0 Å². The number of nitrogens with zero attached hydrogens (tertiary/aromatic N) is 2. The fraction of sp³-hybridized carbons (Fsp3) is 0.111. The molecule has 4 N–H and O–H groups in total. The van der Waals surface area contributed by atoms with Crippen LogP contribution in [0, 0.1) is 0 Å². The van der Waals surface area contributed by atoms with E-state index in [-0.39, 0.29) is 18.2 Å². The van der Waals surface area contributed by atoms with E-state index in [1.54, 1.807) is 18.2 Å². The normalized spacial score (nSPS) is 12.3. The van der Waals surface area contributed by atoms with E-state index in [9.17, 15) is 9.59 Å². The van der Waals surface area contributed by atoms with Gasteiger partial charge in [0.25, 0.3) is 5.91 Å². The van der Waals surface area contributed by atoms with E-state index >= 15 is 0 Å². The Labute approximate surface area is 148 Å². The van der Waals surface area contributed by atoms with E-state index in [2.05, 4.69) is 15.3 Å². The number of carboxylic acid groups (broad SMARTS) is 1. The molecule has 0 radical (unpaired) electrons. The van der Waals surface area contributed by atoms with Crippen LogP contribution in [0.5, 0.6) is 5.75 Å². The van der Waals surface area contributed by atoms with Crippen LogP contribution >= 0.6 is 0 Å². The smallest absolute Gasteiger partial charge is 0.356 e. The lowest BCUT2D eigenvalue weighted by atomic mass is 10.1. The Kier molecular flexibility index (Phi) is 5.04. The van der Waals surface area contributed by atoms with Crippen LogP contribution in [0.1, 0.15) is 16.1 Å². The number of aromatic carboxylic acids is 1. The van der Waals surface area contributed by atoms with Gasteiger partial charge in [0.1, 0.15) is 5.75 Å². The van der Waals surface area contributed by atoms with Gasteiger partial charge in [0.05, 0.1) is 22.9 Å². The summed E-state index contributed by atoms with van der Waals surface area (Å²) in [6, 6.07) is 12.7. The number of carbonyl (C=O) groups excluding carboxylic acids is 1. The minimum Gasteiger partial charge on any atom is -0.482 e. The first-order valence-corrected chi connectivity index (χ1v) is 7.77. The van der Waals surface area contributed by atoms with Crippen molar-refractivity contribution in [2.24, 2.45) is 5.73 Å². The number of fused-ring (bicyclic) bond motifs is 2. The number of amides is 1. The third-order valence-electron chi connectivity index (χ3n) is 3.58. The van der Waals surface area contributed by atoms with E-state index in [1.807, 2.05) is 24.3 Å². The summed E-state index contributed by atoms with van der Waals surface area (Å²) in [5.74, 6) is -0.475. The van der Waals surface area contributed by atoms with Gasteiger partial charge >= 0.3 is 5.97 Å². The van der Waals surface area contributed by atoms with Crippen molar-refractivity contribution < 1.29 is 19.4 Å². The highest BCUT2D eigenvalue weighted by Crippen LogP contribution is 2.28. The topological polar surface area (TPSA) is 127 Å². The molecule has 0 spiro atoms. The van der Waals surface area contributed by atoms with E-state index in [0.717, 1.165) is 5.56 Å². The first-order chi connectivity index (χ1) is 12.6. The van der Waals surface area contributed by atoms with Gasteiger partial charge in [0.2, 0.25) is 0 Å². The molecule has 132 valence electrons. The summed E-state index contributed by atoms with van der Waals surface area (Å²) in [4.78, 5) is 29.4. The Balaban J connectivity index is 0.000000151. The molecule has 0 atom stereocenters. The Morgan fingerprint density at radius 1 is 1.23 bits per heavy atom. The van der Waals surface area contributed by atoms with E-state index in [1.165, 1.54) is 6.20 Å². The van der Waals surface area contributed by atoms with Crippen molar-refractivity contribution in [1.82, 2.24) is 9.97 Å². The molecule has 1 aromatic heterocycles. The summed E-state index contributed by atoms with van der Waals surface area (Å²) in [6.07, 6.45) is 1.25. The van der Waals surface area contributed by atoms with Crippen LogP contribution in [0.3, 0.4) is 0 Å². The molecule has 1 aliphatic heterocycles. The van der Waals surface area contributed by atoms with Crippen molar-refractivity contribution in [3.05, 3.63) is 59.9 Å². The molecule has 0 saturated heterocycles. The highest BCUT2D eigenvalue weighted by molar-refractivity contribution is 5.95. The predicted octanol–water partition coefficient (Wildman–Crippen LogP) is 1.80. The van der Waals surface area contributed by atoms with Crippen LogP contribution in [-0.2, 0) is 11.3 Å². The molecule has 8 nitrogen and oxygen atoms in total. The second-order valence-corrected chi connectivity index (χ2v) is 5.42. The number of nitrogens with one attached hydrogen (secondary N) is 1. The van der Waals surface area contributed by atoms with Crippen molar-refractivity contribution in [3.8, 4) is 5.75 Å². The fourth-order valence-electron chi connectivity index (χ4n) is 2.32. The number of benzene rings is 2. The average molecular weight is 352 g/mol. The van der Waals surface area contributed by atoms with Gasteiger partial charge in [-0.3, -0.25) is 9.78 Å². The Morgan fingerprint density at radius 2 is 2.00 bits per heavy atom. The maximum Gasteiger partial charge on any atom is 0.356 e. The Bertz CT molecular complexity index is 974. The zero-order chi connectivity index (χ0) is 18.5. The summed E-state index contributed by atoms with van der Waals surface area (Å²) in [5, 5.41) is 11.4. The van der Waals surface area contributed by atoms with Gasteiger partial charge in [-0.1, -0.05) is 18.2 Å². The molecule has 1 aliphatic rings. The molecule has 0 fully saturated rings.